The summed E-state index contributed by atoms with van der Waals surface area (Å²) in [6.07, 6.45) is 3.95. The Hall–Kier alpha value is -1.32. The molecule has 1 N–H and O–H groups in total. The van der Waals surface area contributed by atoms with Crippen molar-refractivity contribution in [2.24, 2.45) is 11.3 Å². The van der Waals surface area contributed by atoms with Gasteiger partial charge in [0.25, 0.3) is 0 Å². The summed E-state index contributed by atoms with van der Waals surface area (Å²) in [6, 6.07) is -0.629. The van der Waals surface area contributed by atoms with E-state index in [0.717, 1.165) is 0 Å². The minimum atomic E-state index is -0.629. The van der Waals surface area contributed by atoms with Gasteiger partial charge in [-0.2, -0.15) is 0 Å². The first-order chi connectivity index (χ1) is 7.67. The van der Waals surface area contributed by atoms with Crippen molar-refractivity contribution >= 4 is 11.9 Å². The molecular formula is C13H23NO3. The maximum absolute atomic E-state index is 11.5. The number of rotatable bonds is 4. The largest absolute Gasteiger partial charge is 0.467 e. The highest BCUT2D eigenvalue weighted by atomic mass is 16.5. The zero-order valence-corrected chi connectivity index (χ0v) is 11.5. The van der Waals surface area contributed by atoms with Crippen LogP contribution in [0.15, 0.2) is 12.2 Å². The predicted octanol–water partition coefficient (Wildman–Crippen LogP) is 1.90. The molecule has 98 valence electrons. The first-order valence-electron chi connectivity index (χ1n) is 5.71. The maximum Gasteiger partial charge on any atom is 0.328 e. The minimum absolute atomic E-state index is 0.0468. The normalized spacial score (nSPS) is 15.4. The molecule has 0 aromatic rings. The molecule has 0 aliphatic carbocycles. The van der Waals surface area contributed by atoms with E-state index in [1.807, 2.05) is 19.1 Å². The van der Waals surface area contributed by atoms with Crippen LogP contribution < -0.4 is 5.32 Å². The van der Waals surface area contributed by atoms with Crippen molar-refractivity contribution in [2.75, 3.05) is 7.11 Å². The van der Waals surface area contributed by atoms with Crippen molar-refractivity contribution in [1.82, 2.24) is 5.32 Å². The highest BCUT2D eigenvalue weighted by Crippen LogP contribution is 2.17. The summed E-state index contributed by atoms with van der Waals surface area (Å²) in [5.41, 5.74) is 0.0468. The Labute approximate surface area is 103 Å². The molecule has 0 unspecified atom stereocenters. The van der Waals surface area contributed by atoms with Gasteiger partial charge in [0, 0.05) is 12.8 Å². The van der Waals surface area contributed by atoms with Gasteiger partial charge in [-0.3, -0.25) is 4.79 Å². The molecule has 17 heavy (non-hydrogen) atoms. The van der Waals surface area contributed by atoms with Crippen molar-refractivity contribution < 1.29 is 14.3 Å². The highest BCUT2D eigenvalue weighted by Gasteiger charge is 2.25. The van der Waals surface area contributed by atoms with E-state index in [9.17, 15) is 9.59 Å². The first-order valence-corrected chi connectivity index (χ1v) is 5.71. The van der Waals surface area contributed by atoms with E-state index < -0.39 is 12.0 Å². The lowest BCUT2D eigenvalue weighted by Gasteiger charge is -2.21. The van der Waals surface area contributed by atoms with E-state index in [0.29, 0.717) is 0 Å². The molecule has 4 heteroatoms. The average Bonchev–Trinajstić information content (AvgIpc) is 2.20. The third kappa shape index (κ3) is 6.76. The smallest absolute Gasteiger partial charge is 0.328 e. The Kier molecular flexibility index (Phi) is 5.93. The summed E-state index contributed by atoms with van der Waals surface area (Å²) >= 11 is 0. The fourth-order valence-electron chi connectivity index (χ4n) is 1.30. The number of carbonyl (C=O) groups excluding carboxylic acids is 2. The lowest BCUT2D eigenvalue weighted by molar-refractivity contribution is -0.145. The third-order valence-corrected chi connectivity index (χ3v) is 2.24. The van der Waals surface area contributed by atoms with Crippen molar-refractivity contribution in [2.45, 2.75) is 40.7 Å². The van der Waals surface area contributed by atoms with E-state index in [1.54, 1.807) is 0 Å². The van der Waals surface area contributed by atoms with Crippen LogP contribution in [0.4, 0.5) is 0 Å². The lowest BCUT2D eigenvalue weighted by atomic mass is 9.92. The van der Waals surface area contributed by atoms with Gasteiger partial charge in [-0.1, -0.05) is 39.8 Å². The Morgan fingerprint density at radius 3 is 2.18 bits per heavy atom. The number of hydrogen-bond acceptors (Lipinski definition) is 3. The van der Waals surface area contributed by atoms with Crippen LogP contribution in [-0.4, -0.2) is 25.0 Å². The molecule has 0 aromatic heterocycles. The van der Waals surface area contributed by atoms with Gasteiger partial charge in [0.05, 0.1) is 7.11 Å². The first kappa shape index (κ1) is 15.7. The molecule has 0 saturated heterocycles. The van der Waals surface area contributed by atoms with E-state index in [-0.39, 0.29) is 17.2 Å². The number of ether oxygens (including phenoxy) is 1. The van der Waals surface area contributed by atoms with Gasteiger partial charge in [-0.25, -0.2) is 4.79 Å². The van der Waals surface area contributed by atoms with Crippen molar-refractivity contribution in [3.63, 3.8) is 0 Å². The zero-order valence-electron chi connectivity index (χ0n) is 11.5. The second-order valence-electron chi connectivity index (χ2n) is 5.29. The molecule has 0 heterocycles. The van der Waals surface area contributed by atoms with E-state index >= 15 is 0 Å². The molecule has 0 aliphatic heterocycles. The SMILES string of the molecule is COC(=O)[C@H](NC(C)=O)[C@H](C)/C=C/C(C)(C)C. The van der Waals surface area contributed by atoms with Crippen LogP contribution in [0.5, 0.6) is 0 Å². The molecule has 1 amide bonds. The zero-order chi connectivity index (χ0) is 13.6. The summed E-state index contributed by atoms with van der Waals surface area (Å²) in [7, 11) is 1.32. The second kappa shape index (κ2) is 6.42. The average molecular weight is 241 g/mol. The molecule has 4 nitrogen and oxygen atoms in total. The number of allylic oxidation sites excluding steroid dienone is 1. The van der Waals surface area contributed by atoms with Crippen LogP contribution in [0, 0.1) is 11.3 Å². The van der Waals surface area contributed by atoms with Gasteiger partial charge in [0.15, 0.2) is 0 Å². The Balaban J connectivity index is 4.75. The van der Waals surface area contributed by atoms with Crippen LogP contribution in [0.1, 0.15) is 34.6 Å². The van der Waals surface area contributed by atoms with Gasteiger partial charge in [0.2, 0.25) is 5.91 Å². The quantitative estimate of drug-likeness (QED) is 0.604. The van der Waals surface area contributed by atoms with Crippen molar-refractivity contribution in [3.8, 4) is 0 Å². The molecule has 0 fully saturated rings. The maximum atomic E-state index is 11.5. The molecular weight excluding hydrogens is 218 g/mol. The summed E-state index contributed by atoms with van der Waals surface area (Å²) in [5, 5.41) is 2.60. The molecule has 0 rings (SSSR count). The van der Waals surface area contributed by atoms with Crippen LogP contribution in [0.3, 0.4) is 0 Å². The van der Waals surface area contributed by atoms with Crippen LogP contribution >= 0.6 is 0 Å². The third-order valence-electron chi connectivity index (χ3n) is 2.24. The topological polar surface area (TPSA) is 55.4 Å². The monoisotopic (exact) mass is 241 g/mol. The predicted molar refractivity (Wildman–Crippen MR) is 67.4 cm³/mol. The second-order valence-corrected chi connectivity index (χ2v) is 5.29. The molecule has 2 atom stereocenters. The molecule has 0 radical (unpaired) electrons. The molecule has 0 aliphatic rings. The Morgan fingerprint density at radius 1 is 1.29 bits per heavy atom. The summed E-state index contributed by atoms with van der Waals surface area (Å²) < 4.78 is 4.68. The lowest BCUT2D eigenvalue weighted by Crippen LogP contribution is -2.44. The Morgan fingerprint density at radius 2 is 1.82 bits per heavy atom. The minimum Gasteiger partial charge on any atom is -0.467 e. The summed E-state index contributed by atoms with van der Waals surface area (Å²) in [5.74, 6) is -0.770. The number of amides is 1. The molecule has 0 aromatic carbocycles. The summed E-state index contributed by atoms with van der Waals surface area (Å²) in [6.45, 7) is 9.47. The summed E-state index contributed by atoms with van der Waals surface area (Å²) in [4.78, 5) is 22.6. The highest BCUT2D eigenvalue weighted by molar-refractivity contribution is 5.83. The van der Waals surface area contributed by atoms with E-state index in [1.165, 1.54) is 14.0 Å². The van der Waals surface area contributed by atoms with Crippen LogP contribution in [-0.2, 0) is 14.3 Å². The molecule has 0 saturated carbocycles. The molecule has 0 spiro atoms. The number of carbonyl (C=O) groups is 2. The van der Waals surface area contributed by atoms with Crippen molar-refractivity contribution in [3.05, 3.63) is 12.2 Å². The van der Waals surface area contributed by atoms with Crippen molar-refractivity contribution in [1.29, 1.82) is 0 Å². The van der Waals surface area contributed by atoms with Crippen LogP contribution in [0.2, 0.25) is 0 Å². The van der Waals surface area contributed by atoms with E-state index in [2.05, 4.69) is 30.8 Å². The van der Waals surface area contributed by atoms with E-state index in [4.69, 9.17) is 0 Å². The molecule has 0 bridgehead atoms. The van der Waals surface area contributed by atoms with Gasteiger partial charge in [-0.05, 0) is 5.41 Å². The standard InChI is InChI=1S/C13H23NO3/c1-9(7-8-13(3,4)5)11(12(16)17-6)14-10(2)15/h7-9,11H,1-6H3,(H,14,15)/b8-7+/t9-,11-/m1/s1. The number of esters is 1. The van der Waals surface area contributed by atoms with Gasteiger partial charge >= 0.3 is 5.97 Å². The number of hydrogen-bond donors (Lipinski definition) is 1. The number of methoxy groups -OCH3 is 1. The van der Waals surface area contributed by atoms with Gasteiger partial charge < -0.3 is 10.1 Å². The van der Waals surface area contributed by atoms with Gasteiger partial charge in [0.1, 0.15) is 6.04 Å². The van der Waals surface area contributed by atoms with Gasteiger partial charge in [-0.15, -0.1) is 0 Å². The Bertz CT molecular complexity index is 302. The number of nitrogens with one attached hydrogen (secondary N) is 1. The fraction of sp³-hybridized carbons (Fsp3) is 0.692. The van der Waals surface area contributed by atoms with Crippen LogP contribution in [0.25, 0.3) is 0 Å². The fourth-order valence-corrected chi connectivity index (χ4v) is 1.30.